The molecule has 0 aliphatic heterocycles. The molecule has 3 nitrogen and oxygen atoms in total. The first-order valence-electron chi connectivity index (χ1n) is 6.46. The SMILES string of the molecule is CCCNC(Cc1cc(F)ccc1C)c1cnns1. The lowest BCUT2D eigenvalue weighted by Gasteiger charge is -2.17. The minimum absolute atomic E-state index is 0.153. The zero-order chi connectivity index (χ0) is 13.7. The predicted octanol–water partition coefficient (Wildman–Crippen LogP) is 3.27. The third kappa shape index (κ3) is 3.81. The largest absolute Gasteiger partial charge is 0.309 e. The third-order valence-corrected chi connectivity index (χ3v) is 3.87. The molecule has 2 rings (SSSR count). The number of aromatic nitrogens is 2. The topological polar surface area (TPSA) is 37.8 Å². The molecule has 1 unspecified atom stereocenters. The summed E-state index contributed by atoms with van der Waals surface area (Å²) in [4.78, 5) is 1.09. The number of rotatable bonds is 6. The van der Waals surface area contributed by atoms with Crippen molar-refractivity contribution in [3.05, 3.63) is 46.2 Å². The van der Waals surface area contributed by atoms with Crippen molar-refractivity contribution in [2.45, 2.75) is 32.7 Å². The molecule has 1 aromatic heterocycles. The molecule has 2 aromatic rings. The molecule has 0 bridgehead atoms. The summed E-state index contributed by atoms with van der Waals surface area (Å²) in [5.41, 5.74) is 2.14. The van der Waals surface area contributed by atoms with E-state index in [1.54, 1.807) is 12.3 Å². The van der Waals surface area contributed by atoms with Gasteiger partial charge in [-0.1, -0.05) is 17.5 Å². The monoisotopic (exact) mass is 279 g/mol. The summed E-state index contributed by atoms with van der Waals surface area (Å²) in [5.74, 6) is -0.183. The van der Waals surface area contributed by atoms with Crippen molar-refractivity contribution in [2.75, 3.05) is 6.54 Å². The van der Waals surface area contributed by atoms with E-state index in [-0.39, 0.29) is 11.9 Å². The maximum absolute atomic E-state index is 13.3. The highest BCUT2D eigenvalue weighted by atomic mass is 32.1. The molecule has 0 amide bonds. The third-order valence-electron chi connectivity index (χ3n) is 3.10. The molecule has 0 fully saturated rings. The fourth-order valence-corrected chi connectivity index (χ4v) is 2.58. The normalized spacial score (nSPS) is 12.6. The van der Waals surface area contributed by atoms with E-state index in [1.807, 2.05) is 13.0 Å². The Hall–Kier alpha value is -1.33. The molecule has 1 heterocycles. The molecule has 1 aromatic carbocycles. The van der Waals surface area contributed by atoms with Crippen LogP contribution in [-0.4, -0.2) is 16.1 Å². The van der Waals surface area contributed by atoms with Crippen molar-refractivity contribution in [1.82, 2.24) is 14.9 Å². The van der Waals surface area contributed by atoms with Crippen molar-refractivity contribution in [2.24, 2.45) is 0 Å². The van der Waals surface area contributed by atoms with E-state index in [9.17, 15) is 4.39 Å². The van der Waals surface area contributed by atoms with Crippen LogP contribution in [0.2, 0.25) is 0 Å². The van der Waals surface area contributed by atoms with Gasteiger partial charge in [-0.05, 0) is 61.1 Å². The first kappa shape index (κ1) is 14.1. The number of hydrogen-bond acceptors (Lipinski definition) is 4. The Morgan fingerprint density at radius 2 is 2.26 bits per heavy atom. The highest BCUT2D eigenvalue weighted by Crippen LogP contribution is 2.22. The van der Waals surface area contributed by atoms with Crippen LogP contribution in [0, 0.1) is 12.7 Å². The maximum Gasteiger partial charge on any atom is 0.123 e. The van der Waals surface area contributed by atoms with Crippen molar-refractivity contribution in [1.29, 1.82) is 0 Å². The van der Waals surface area contributed by atoms with E-state index in [0.29, 0.717) is 0 Å². The fourth-order valence-electron chi connectivity index (χ4n) is 2.00. The van der Waals surface area contributed by atoms with Crippen molar-refractivity contribution >= 4 is 11.5 Å². The molecule has 102 valence electrons. The summed E-state index contributed by atoms with van der Waals surface area (Å²) in [6, 6.07) is 5.10. The molecule has 1 N–H and O–H groups in total. The fraction of sp³-hybridized carbons (Fsp3) is 0.429. The van der Waals surface area contributed by atoms with E-state index in [4.69, 9.17) is 0 Å². The lowest BCUT2D eigenvalue weighted by atomic mass is 10.00. The zero-order valence-corrected chi connectivity index (χ0v) is 12.0. The second-order valence-electron chi connectivity index (χ2n) is 4.60. The van der Waals surface area contributed by atoms with Crippen LogP contribution in [0.1, 0.15) is 35.4 Å². The van der Waals surface area contributed by atoms with E-state index in [1.165, 1.54) is 17.6 Å². The number of hydrogen-bond donors (Lipinski definition) is 1. The van der Waals surface area contributed by atoms with E-state index in [0.717, 1.165) is 35.4 Å². The number of halogens is 1. The molecule has 5 heteroatoms. The Morgan fingerprint density at radius 3 is 2.95 bits per heavy atom. The van der Waals surface area contributed by atoms with Gasteiger partial charge < -0.3 is 5.32 Å². The molecule has 0 saturated carbocycles. The molecule has 0 spiro atoms. The predicted molar refractivity (Wildman–Crippen MR) is 75.8 cm³/mol. The van der Waals surface area contributed by atoms with Crippen LogP contribution in [0.25, 0.3) is 0 Å². The summed E-state index contributed by atoms with van der Waals surface area (Å²) in [7, 11) is 0. The second-order valence-corrected chi connectivity index (χ2v) is 5.42. The molecular weight excluding hydrogens is 261 g/mol. The van der Waals surface area contributed by atoms with Crippen LogP contribution in [-0.2, 0) is 6.42 Å². The van der Waals surface area contributed by atoms with Crippen LogP contribution in [0.3, 0.4) is 0 Å². The van der Waals surface area contributed by atoms with Crippen LogP contribution in [0.4, 0.5) is 4.39 Å². The van der Waals surface area contributed by atoms with Gasteiger partial charge in [0.15, 0.2) is 0 Å². The Balaban J connectivity index is 2.17. The Labute approximate surface area is 117 Å². The molecule has 0 radical (unpaired) electrons. The summed E-state index contributed by atoms with van der Waals surface area (Å²) < 4.78 is 17.3. The smallest absolute Gasteiger partial charge is 0.123 e. The quantitative estimate of drug-likeness (QED) is 0.882. The van der Waals surface area contributed by atoms with E-state index >= 15 is 0 Å². The minimum Gasteiger partial charge on any atom is -0.309 e. The lowest BCUT2D eigenvalue weighted by Crippen LogP contribution is -2.23. The summed E-state index contributed by atoms with van der Waals surface area (Å²) in [5, 5.41) is 7.36. The van der Waals surface area contributed by atoms with Crippen molar-refractivity contribution in [3.63, 3.8) is 0 Å². The standard InChI is InChI=1S/C14H18FN3S/c1-3-6-16-13(14-9-17-18-19-14)8-11-7-12(15)5-4-10(11)2/h4-5,7,9,13,16H,3,6,8H2,1-2H3. The zero-order valence-electron chi connectivity index (χ0n) is 11.2. The molecule has 1 atom stereocenters. The van der Waals surface area contributed by atoms with E-state index < -0.39 is 0 Å². The van der Waals surface area contributed by atoms with Crippen molar-refractivity contribution < 1.29 is 4.39 Å². The van der Waals surface area contributed by atoms with Gasteiger partial charge >= 0.3 is 0 Å². The first-order chi connectivity index (χ1) is 9.20. The highest BCUT2D eigenvalue weighted by molar-refractivity contribution is 7.05. The number of benzene rings is 1. The van der Waals surface area contributed by atoms with Crippen LogP contribution < -0.4 is 5.32 Å². The van der Waals surface area contributed by atoms with E-state index in [2.05, 4.69) is 21.8 Å². The molecule has 0 aliphatic carbocycles. The molecule has 19 heavy (non-hydrogen) atoms. The number of nitrogens with one attached hydrogen (secondary N) is 1. The summed E-state index contributed by atoms with van der Waals surface area (Å²) in [6.45, 7) is 5.07. The summed E-state index contributed by atoms with van der Waals surface area (Å²) >= 11 is 1.39. The van der Waals surface area contributed by atoms with Crippen molar-refractivity contribution in [3.8, 4) is 0 Å². The molecule has 0 saturated heterocycles. The van der Waals surface area contributed by atoms with Gasteiger partial charge in [-0.25, -0.2) is 4.39 Å². The van der Waals surface area contributed by atoms with Gasteiger partial charge in [-0.3, -0.25) is 0 Å². The average molecular weight is 279 g/mol. The Morgan fingerprint density at radius 1 is 1.42 bits per heavy atom. The van der Waals surface area contributed by atoms with Gasteiger partial charge in [0.1, 0.15) is 5.82 Å². The van der Waals surface area contributed by atoms with Gasteiger partial charge in [0.05, 0.1) is 11.1 Å². The van der Waals surface area contributed by atoms with Crippen LogP contribution >= 0.6 is 11.5 Å². The Bertz CT molecular complexity index is 513. The summed E-state index contributed by atoms with van der Waals surface area (Å²) in [6.07, 6.45) is 3.60. The van der Waals surface area contributed by atoms with Crippen LogP contribution in [0.5, 0.6) is 0 Å². The van der Waals surface area contributed by atoms with Gasteiger partial charge in [0.25, 0.3) is 0 Å². The van der Waals surface area contributed by atoms with Gasteiger partial charge in [-0.2, -0.15) is 0 Å². The average Bonchev–Trinajstić information content (AvgIpc) is 2.92. The van der Waals surface area contributed by atoms with Gasteiger partial charge in [0, 0.05) is 6.04 Å². The first-order valence-corrected chi connectivity index (χ1v) is 7.23. The molecular formula is C14H18FN3S. The minimum atomic E-state index is -0.183. The number of nitrogens with zero attached hydrogens (tertiary/aromatic N) is 2. The highest BCUT2D eigenvalue weighted by Gasteiger charge is 2.15. The number of aryl methyl sites for hydroxylation is 1. The second kappa shape index (κ2) is 6.73. The maximum atomic E-state index is 13.3. The Kier molecular flexibility index (Phi) is 4.99. The van der Waals surface area contributed by atoms with Gasteiger partial charge in [-0.15, -0.1) is 5.10 Å². The molecule has 0 aliphatic rings. The van der Waals surface area contributed by atoms with Crippen LogP contribution in [0.15, 0.2) is 24.4 Å². The lowest BCUT2D eigenvalue weighted by molar-refractivity contribution is 0.532. The van der Waals surface area contributed by atoms with Gasteiger partial charge in [0.2, 0.25) is 0 Å².